The molecule has 0 N–H and O–H groups in total. The number of benzene rings is 10. The SMILES string of the molecule is c1ccc(-c2ccc(C[N+]3=C(c4cccc5ccccc45)N=C(n4c5ccc6ccccc6c5c5c6c7ccccc7c7ccccc7c6ccc54)[I-]3)cc2)cc1. The second-order valence-electron chi connectivity index (χ2n) is 14.9. The summed E-state index contributed by atoms with van der Waals surface area (Å²) in [5, 5.41) is 15.3. The van der Waals surface area contributed by atoms with Crippen molar-refractivity contribution in [3.05, 3.63) is 205 Å². The van der Waals surface area contributed by atoms with Crippen LogP contribution in [-0.4, -0.2) is 17.0 Å². The summed E-state index contributed by atoms with van der Waals surface area (Å²) in [5.41, 5.74) is 7.34. The van der Waals surface area contributed by atoms with E-state index in [0.717, 1.165) is 16.2 Å². The minimum absolute atomic E-state index is 0.736. The molecule has 10 aromatic carbocycles. The van der Waals surface area contributed by atoms with Crippen LogP contribution in [0, 0.1) is 0 Å². The Morgan fingerprint density at radius 1 is 0.404 bits per heavy atom. The fourth-order valence-electron chi connectivity index (χ4n) is 9.15. The quantitative estimate of drug-likeness (QED) is 0.0957. The first-order valence-corrected chi connectivity index (χ1v) is 21.5. The van der Waals surface area contributed by atoms with Crippen LogP contribution in [0.4, 0.5) is 0 Å². The summed E-state index contributed by atoms with van der Waals surface area (Å²) in [6, 6.07) is 71.2. The van der Waals surface area contributed by atoms with Gasteiger partial charge >= 0.3 is 342 Å². The first-order chi connectivity index (χ1) is 28.3. The zero-order valence-corrected chi connectivity index (χ0v) is 33.1. The normalized spacial score (nSPS) is 13.4. The van der Waals surface area contributed by atoms with E-state index in [1.807, 2.05) is 0 Å². The van der Waals surface area contributed by atoms with Gasteiger partial charge in [-0.05, 0) is 0 Å². The molecule has 1 aliphatic rings. The van der Waals surface area contributed by atoms with Gasteiger partial charge in [-0.15, -0.1) is 0 Å². The molecule has 0 saturated heterocycles. The van der Waals surface area contributed by atoms with Crippen molar-refractivity contribution in [3.8, 4) is 11.1 Å². The van der Waals surface area contributed by atoms with Crippen LogP contribution in [0.15, 0.2) is 199 Å². The Hall–Kier alpha value is -6.63. The van der Waals surface area contributed by atoms with Crippen molar-refractivity contribution in [2.24, 2.45) is 4.99 Å². The van der Waals surface area contributed by atoms with Crippen molar-refractivity contribution in [1.29, 1.82) is 0 Å². The van der Waals surface area contributed by atoms with E-state index < -0.39 is 21.5 Å². The Morgan fingerprint density at radius 3 is 1.70 bits per heavy atom. The zero-order valence-electron chi connectivity index (χ0n) is 30.9. The molecule has 1 aromatic heterocycles. The molecule has 0 atom stereocenters. The summed E-state index contributed by atoms with van der Waals surface area (Å²) in [5.74, 6) is 1.05. The van der Waals surface area contributed by atoms with Gasteiger partial charge < -0.3 is 0 Å². The number of hydrogen-bond donors (Lipinski definition) is 0. The van der Waals surface area contributed by atoms with Crippen LogP contribution in [0.5, 0.6) is 0 Å². The van der Waals surface area contributed by atoms with Gasteiger partial charge in [0.2, 0.25) is 0 Å². The van der Waals surface area contributed by atoms with E-state index in [4.69, 9.17) is 4.99 Å². The zero-order chi connectivity index (χ0) is 37.5. The van der Waals surface area contributed by atoms with Gasteiger partial charge in [0.05, 0.1) is 0 Å². The number of halogens is 1. The Morgan fingerprint density at radius 2 is 0.947 bits per heavy atom. The van der Waals surface area contributed by atoms with Crippen molar-refractivity contribution in [2.75, 3.05) is 0 Å². The van der Waals surface area contributed by atoms with E-state index in [-0.39, 0.29) is 0 Å². The third kappa shape index (κ3) is 5.10. The second kappa shape index (κ2) is 13.0. The number of hydrogen-bond acceptors (Lipinski definition) is 1. The predicted octanol–water partition coefficient (Wildman–Crippen LogP) is 10.1. The molecule has 0 bridgehead atoms. The molecule has 0 fully saturated rings. The van der Waals surface area contributed by atoms with Crippen molar-refractivity contribution >= 4 is 85.3 Å². The van der Waals surface area contributed by atoms with Crippen LogP contribution >= 0.6 is 0 Å². The average molecular weight is 840 g/mol. The topological polar surface area (TPSA) is 20.3 Å². The molecule has 11 aromatic rings. The van der Waals surface area contributed by atoms with Crippen molar-refractivity contribution in [3.63, 3.8) is 0 Å². The first kappa shape index (κ1) is 32.6. The summed E-state index contributed by atoms with van der Waals surface area (Å²) in [7, 11) is 0. The molecule has 2 heterocycles. The summed E-state index contributed by atoms with van der Waals surface area (Å²) in [6.07, 6.45) is 0. The van der Waals surface area contributed by atoms with Gasteiger partial charge in [0.1, 0.15) is 0 Å². The summed E-state index contributed by atoms with van der Waals surface area (Å²) in [4.78, 5) is 5.74. The second-order valence-corrected chi connectivity index (χ2v) is 17.5. The molecule has 57 heavy (non-hydrogen) atoms. The van der Waals surface area contributed by atoms with E-state index in [2.05, 4.69) is 201 Å². The summed E-state index contributed by atoms with van der Waals surface area (Å²) >= 11 is -0.736. The monoisotopic (exact) mass is 839 g/mol. The Balaban J connectivity index is 1.12. The van der Waals surface area contributed by atoms with Crippen LogP contribution in [0.25, 0.3) is 86.8 Å². The molecule has 0 spiro atoms. The molecule has 0 radical (unpaired) electrons. The van der Waals surface area contributed by atoms with E-state index >= 15 is 0 Å². The van der Waals surface area contributed by atoms with E-state index in [0.29, 0.717) is 0 Å². The third-order valence-electron chi connectivity index (χ3n) is 11.7. The predicted molar refractivity (Wildman–Crippen MR) is 236 cm³/mol. The van der Waals surface area contributed by atoms with Crippen LogP contribution in [-0.2, 0) is 6.54 Å². The fourth-order valence-corrected chi connectivity index (χ4v) is 11.9. The number of aliphatic imine (C=N–C) groups is 1. The van der Waals surface area contributed by atoms with Gasteiger partial charge in [0.25, 0.3) is 0 Å². The van der Waals surface area contributed by atoms with E-state index in [1.165, 1.54) is 97.9 Å². The Kier molecular flexibility index (Phi) is 7.42. The molecule has 0 amide bonds. The molecular weight excluding hydrogens is 806 g/mol. The number of aromatic nitrogens is 1. The van der Waals surface area contributed by atoms with Crippen molar-refractivity contribution in [2.45, 2.75) is 6.54 Å². The Labute approximate surface area is 340 Å². The average Bonchev–Trinajstić information content (AvgIpc) is 3.85. The van der Waals surface area contributed by atoms with Crippen molar-refractivity contribution in [1.82, 2.24) is 4.57 Å². The molecule has 12 rings (SSSR count). The van der Waals surface area contributed by atoms with Crippen LogP contribution in [0.1, 0.15) is 11.1 Å². The number of rotatable bonds is 4. The Bertz CT molecular complexity index is 3460. The molecule has 268 valence electrons. The summed E-state index contributed by atoms with van der Waals surface area (Å²) in [6.45, 7) is 0.785. The standard InChI is InChI=1S/C53H34IN3/c1-2-13-35(14-3-1)36-27-25-34(26-28-36)33-56-52(46-24-12-17-37-15-4-6-18-39(37)46)55-53(54-56)57-47-31-29-38-16-5-7-19-40(38)50(47)51-48(57)32-30-45-43-22-9-8-20-41(43)42-21-10-11-23-44(42)49(45)51/h1-32H,33H2. The third-order valence-corrected chi connectivity index (χ3v) is 14.3. The van der Waals surface area contributed by atoms with Gasteiger partial charge in [0.15, 0.2) is 0 Å². The minimum atomic E-state index is -0.736. The van der Waals surface area contributed by atoms with E-state index in [9.17, 15) is 0 Å². The number of fused-ring (bicyclic) bond motifs is 13. The molecule has 1 aliphatic heterocycles. The fraction of sp³-hybridized carbons (Fsp3) is 0.0189. The van der Waals surface area contributed by atoms with Gasteiger partial charge in [0, 0.05) is 0 Å². The van der Waals surface area contributed by atoms with Crippen LogP contribution in [0.3, 0.4) is 0 Å². The first-order valence-electron chi connectivity index (χ1n) is 19.5. The van der Waals surface area contributed by atoms with Gasteiger partial charge in [-0.1, -0.05) is 0 Å². The molecular formula is C53H34IN3. The molecule has 0 aliphatic carbocycles. The van der Waals surface area contributed by atoms with Gasteiger partial charge in [-0.2, -0.15) is 0 Å². The number of nitrogens with zero attached hydrogens (tertiary/aromatic N) is 3. The van der Waals surface area contributed by atoms with Crippen LogP contribution in [0.2, 0.25) is 0 Å². The molecule has 0 unspecified atom stereocenters. The van der Waals surface area contributed by atoms with Gasteiger partial charge in [-0.25, -0.2) is 0 Å². The molecule has 0 saturated carbocycles. The maximum atomic E-state index is 5.74. The molecule has 3 nitrogen and oxygen atoms in total. The maximum absolute atomic E-state index is 5.74. The van der Waals surface area contributed by atoms with E-state index in [1.54, 1.807) is 0 Å². The number of amidine groups is 1. The van der Waals surface area contributed by atoms with Gasteiger partial charge in [-0.3, -0.25) is 0 Å². The van der Waals surface area contributed by atoms with Crippen LogP contribution < -0.4 is 21.5 Å². The molecule has 4 heteroatoms. The van der Waals surface area contributed by atoms with Crippen molar-refractivity contribution < 1.29 is 24.3 Å². The summed E-state index contributed by atoms with van der Waals surface area (Å²) < 4.78 is 6.23.